The van der Waals surface area contributed by atoms with E-state index in [1.165, 1.54) is 0 Å². The predicted molar refractivity (Wildman–Crippen MR) is 77.8 cm³/mol. The molecule has 0 N–H and O–H groups in total. The van der Waals surface area contributed by atoms with E-state index in [1.54, 1.807) is 6.07 Å². The van der Waals surface area contributed by atoms with Crippen LogP contribution in [0.4, 0.5) is 11.4 Å². The van der Waals surface area contributed by atoms with Gasteiger partial charge < -0.3 is 40.9 Å². The number of hydrogen-bond donors (Lipinski definition) is 0. The van der Waals surface area contributed by atoms with Gasteiger partial charge in [0.2, 0.25) is 0 Å². The summed E-state index contributed by atoms with van der Waals surface area (Å²) in [6.45, 7) is 0. The summed E-state index contributed by atoms with van der Waals surface area (Å²) in [6, 6.07) is 31.0. The minimum Gasteiger partial charge on any atom is -0.999 e. The molecular weight excluding hydrogens is 342 g/mol. The Hall–Kier alpha value is -2.12. The van der Waals surface area contributed by atoms with Gasteiger partial charge in [-0.3, -0.25) is 5.22 Å². The number of rotatable bonds is 3. The van der Waals surface area contributed by atoms with Crippen LogP contribution in [0.5, 0.6) is 0 Å². The van der Waals surface area contributed by atoms with Gasteiger partial charge in [-0.1, -0.05) is 60.7 Å². The third-order valence-electron chi connectivity index (χ3n) is 2.18. The molecule has 0 bridgehead atoms. The van der Waals surface area contributed by atoms with E-state index >= 15 is 0 Å². The van der Waals surface area contributed by atoms with Gasteiger partial charge >= 0.3 is 21.1 Å². The van der Waals surface area contributed by atoms with Gasteiger partial charge in [0.05, 0.1) is 0 Å². The maximum absolute atomic E-state index is 3.96. The fraction of sp³-hybridized carbons (Fsp3) is 0. The zero-order chi connectivity index (χ0) is 13.9. The monoisotopic (exact) mass is 355 g/mol. The summed E-state index contributed by atoms with van der Waals surface area (Å²) < 4.78 is 0. The molecule has 0 saturated heterocycles. The van der Waals surface area contributed by atoms with Gasteiger partial charge in [0, 0.05) is 0 Å². The molecule has 21 heavy (non-hydrogen) atoms. The van der Waals surface area contributed by atoms with Crippen LogP contribution in [0.2, 0.25) is 0 Å². The molecule has 0 aliphatic heterocycles. The zero-order valence-corrected chi connectivity index (χ0v) is 13.1. The Morgan fingerprint density at radius 1 is 0.810 bits per heavy atom. The van der Waals surface area contributed by atoms with Crippen LogP contribution in [0, 0.1) is 24.3 Å². The van der Waals surface area contributed by atoms with Crippen molar-refractivity contribution >= 4 is 11.4 Å². The average Bonchev–Trinajstić information content (AvgIpc) is 3.09. The molecule has 104 valence electrons. The standard InChI is InChI=1S/C12H10N3.C5H.Mo/c1-3-7-11(8-4-1)13-15-14-12-9-5-2-6-10-12;1-2-4-5-3-1;/h1-10H;1H;/q-1;-5;+2. The van der Waals surface area contributed by atoms with Gasteiger partial charge in [-0.05, 0) is 11.4 Å². The molecule has 0 aliphatic rings. The van der Waals surface area contributed by atoms with Crippen molar-refractivity contribution in [3.63, 3.8) is 0 Å². The number of nitrogens with zero attached hydrogens (tertiary/aromatic N) is 3. The fourth-order valence-corrected chi connectivity index (χ4v) is 1.30. The van der Waals surface area contributed by atoms with Crippen LogP contribution in [0.3, 0.4) is 0 Å². The molecule has 0 saturated carbocycles. The third kappa shape index (κ3) is 7.28. The molecule has 0 fully saturated rings. The first-order chi connectivity index (χ1) is 9.95. The van der Waals surface area contributed by atoms with Crippen molar-refractivity contribution in [3.05, 3.63) is 96.4 Å². The van der Waals surface area contributed by atoms with Crippen molar-refractivity contribution in [2.24, 2.45) is 10.3 Å². The second-order valence-electron chi connectivity index (χ2n) is 3.64. The van der Waals surface area contributed by atoms with Crippen LogP contribution in [-0.2, 0) is 21.1 Å². The van der Waals surface area contributed by atoms with Crippen molar-refractivity contribution in [2.45, 2.75) is 0 Å². The summed E-state index contributed by atoms with van der Waals surface area (Å²) in [6.07, 6.45) is 0. The van der Waals surface area contributed by atoms with Crippen molar-refractivity contribution in [1.29, 1.82) is 0 Å². The smallest absolute Gasteiger partial charge is 0.999 e. The summed E-state index contributed by atoms with van der Waals surface area (Å²) >= 11 is 0. The van der Waals surface area contributed by atoms with E-state index in [0.29, 0.717) is 0 Å². The van der Waals surface area contributed by atoms with Crippen LogP contribution < -0.4 is 0 Å². The molecule has 0 amide bonds. The Balaban J connectivity index is 0.000000313. The molecule has 4 heteroatoms. The van der Waals surface area contributed by atoms with Gasteiger partial charge in [-0.2, -0.15) is 0 Å². The van der Waals surface area contributed by atoms with E-state index in [-0.39, 0.29) is 21.1 Å². The first kappa shape index (κ1) is 16.9. The van der Waals surface area contributed by atoms with Crippen LogP contribution in [-0.4, -0.2) is 0 Å². The van der Waals surface area contributed by atoms with E-state index in [1.807, 2.05) is 60.7 Å². The van der Waals surface area contributed by atoms with E-state index in [9.17, 15) is 0 Å². The Labute approximate surface area is 139 Å². The minimum atomic E-state index is 0. The zero-order valence-electron chi connectivity index (χ0n) is 11.1. The summed E-state index contributed by atoms with van der Waals surface area (Å²) in [5.41, 5.74) is 5.57. The van der Waals surface area contributed by atoms with E-state index in [4.69, 9.17) is 0 Å². The molecule has 3 rings (SSSR count). The summed E-state index contributed by atoms with van der Waals surface area (Å²) in [4.78, 5) is 0. The van der Waals surface area contributed by atoms with Gasteiger partial charge in [-0.25, -0.2) is 0 Å². The molecule has 3 aromatic rings. The molecule has 0 radical (unpaired) electrons. The Bertz CT molecular complexity index is 575. The molecule has 0 spiro atoms. The molecule has 0 heterocycles. The summed E-state index contributed by atoms with van der Waals surface area (Å²) in [5, 5.41) is 7.72. The Morgan fingerprint density at radius 3 is 1.90 bits per heavy atom. The quantitative estimate of drug-likeness (QED) is 0.275. The van der Waals surface area contributed by atoms with Crippen LogP contribution >= 0.6 is 0 Å². The summed E-state index contributed by atoms with van der Waals surface area (Å²) in [7, 11) is 0. The fourth-order valence-electron chi connectivity index (χ4n) is 1.30. The second kappa shape index (κ2) is 10.6. The van der Waals surface area contributed by atoms with E-state index in [0.717, 1.165) is 11.4 Å². The third-order valence-corrected chi connectivity index (χ3v) is 2.18. The molecule has 0 aliphatic carbocycles. The first-order valence-electron chi connectivity index (χ1n) is 6.00. The maximum Gasteiger partial charge on any atom is 2.00 e. The van der Waals surface area contributed by atoms with Crippen molar-refractivity contribution in [3.8, 4) is 0 Å². The number of benzene rings is 2. The average molecular weight is 353 g/mol. The largest absolute Gasteiger partial charge is 2.00 e. The molecule has 0 aromatic heterocycles. The molecule has 3 nitrogen and oxygen atoms in total. The van der Waals surface area contributed by atoms with E-state index in [2.05, 4.69) is 40.0 Å². The molecular formula is C17H11MoN3-4. The Kier molecular flexibility index (Phi) is 8.58. The van der Waals surface area contributed by atoms with Crippen LogP contribution in [0.1, 0.15) is 0 Å². The number of hydrogen-bond acceptors (Lipinski definition) is 2. The predicted octanol–water partition coefficient (Wildman–Crippen LogP) is 4.99. The minimum absolute atomic E-state index is 0. The topological polar surface area (TPSA) is 38.8 Å². The summed E-state index contributed by atoms with van der Waals surface area (Å²) in [5.74, 6) is 0. The van der Waals surface area contributed by atoms with Gasteiger partial charge in [0.15, 0.2) is 0 Å². The SMILES string of the molecule is [Mo+2].[c-]1[c-][c-][cH-][c-]1.c1ccc(N=N[N-]c2ccccc2)cc1. The first-order valence-corrected chi connectivity index (χ1v) is 6.00. The van der Waals surface area contributed by atoms with Crippen molar-refractivity contribution in [2.75, 3.05) is 0 Å². The van der Waals surface area contributed by atoms with E-state index < -0.39 is 0 Å². The van der Waals surface area contributed by atoms with Crippen LogP contribution in [0.25, 0.3) is 5.43 Å². The molecule has 0 atom stereocenters. The van der Waals surface area contributed by atoms with Gasteiger partial charge in [0.1, 0.15) is 0 Å². The maximum atomic E-state index is 3.96. The van der Waals surface area contributed by atoms with Gasteiger partial charge in [0.25, 0.3) is 0 Å². The second-order valence-corrected chi connectivity index (χ2v) is 3.64. The van der Waals surface area contributed by atoms with Gasteiger partial charge in [-0.15, -0.1) is 0 Å². The molecule has 0 unspecified atom stereocenters. The van der Waals surface area contributed by atoms with Crippen molar-refractivity contribution in [1.82, 2.24) is 0 Å². The Morgan fingerprint density at radius 2 is 1.38 bits per heavy atom. The van der Waals surface area contributed by atoms with Crippen molar-refractivity contribution < 1.29 is 21.1 Å². The molecule has 3 aromatic carbocycles. The van der Waals surface area contributed by atoms with Crippen LogP contribution in [0.15, 0.2) is 77.1 Å². The normalized spacial score (nSPS) is 9.33.